The van der Waals surface area contributed by atoms with E-state index in [1.165, 1.54) is 43.3 Å². The Bertz CT molecular complexity index is 964. The zero-order chi connectivity index (χ0) is 20.0. The second kappa shape index (κ2) is 8.78. The minimum Gasteiger partial charge on any atom is -0.362 e. The first-order valence-electron chi connectivity index (χ1n) is 7.96. The third-order valence-corrected chi connectivity index (χ3v) is 5.08. The van der Waals surface area contributed by atoms with E-state index in [0.29, 0.717) is 12.1 Å². The van der Waals surface area contributed by atoms with E-state index >= 15 is 0 Å². The predicted molar refractivity (Wildman–Crippen MR) is 105 cm³/mol. The molecule has 0 spiro atoms. The first-order valence-corrected chi connectivity index (χ1v) is 9.85. The minimum absolute atomic E-state index is 0.165. The summed E-state index contributed by atoms with van der Waals surface area (Å²) in [5, 5.41) is 3.06. The molecule has 0 bridgehead atoms. The standard InChI is InChI=1S/C17H19FN4O3S2/c1-3-19-17(26)21-20-16(23)12-5-4-6-13(9-12)22-27(24,25)14-8-7-11(2)15(18)10-14/h4-10,22H,3H2,1-2H3,(H,20,23)(H2,19,21,26). The topological polar surface area (TPSA) is 99.3 Å². The van der Waals surface area contributed by atoms with Crippen LogP contribution in [0.5, 0.6) is 0 Å². The Morgan fingerprint density at radius 3 is 2.56 bits per heavy atom. The van der Waals surface area contributed by atoms with Crippen molar-refractivity contribution in [1.29, 1.82) is 0 Å². The van der Waals surface area contributed by atoms with Gasteiger partial charge in [0.25, 0.3) is 15.9 Å². The van der Waals surface area contributed by atoms with Gasteiger partial charge in [0.1, 0.15) is 5.82 Å². The Balaban J connectivity index is 2.13. The maximum absolute atomic E-state index is 13.7. The van der Waals surface area contributed by atoms with Gasteiger partial charge in [0.2, 0.25) is 0 Å². The van der Waals surface area contributed by atoms with Crippen molar-refractivity contribution in [2.24, 2.45) is 0 Å². The van der Waals surface area contributed by atoms with Gasteiger partial charge < -0.3 is 5.32 Å². The number of aryl methyl sites for hydroxylation is 1. The Morgan fingerprint density at radius 2 is 1.89 bits per heavy atom. The van der Waals surface area contributed by atoms with E-state index in [9.17, 15) is 17.6 Å². The van der Waals surface area contributed by atoms with Crippen LogP contribution in [0.3, 0.4) is 0 Å². The molecule has 0 saturated heterocycles. The second-order valence-electron chi connectivity index (χ2n) is 5.54. The highest BCUT2D eigenvalue weighted by Crippen LogP contribution is 2.19. The average Bonchev–Trinajstić information content (AvgIpc) is 2.62. The van der Waals surface area contributed by atoms with Crippen molar-refractivity contribution >= 4 is 38.9 Å². The fourth-order valence-corrected chi connectivity index (χ4v) is 3.33. The van der Waals surface area contributed by atoms with E-state index in [0.717, 1.165) is 6.07 Å². The van der Waals surface area contributed by atoms with Crippen LogP contribution in [-0.2, 0) is 10.0 Å². The number of carbonyl (C=O) groups is 1. The Kier molecular flexibility index (Phi) is 6.70. The normalized spacial score (nSPS) is 10.8. The zero-order valence-electron chi connectivity index (χ0n) is 14.7. The molecule has 0 fully saturated rings. The number of nitrogens with one attached hydrogen (secondary N) is 4. The van der Waals surface area contributed by atoms with Crippen LogP contribution >= 0.6 is 12.2 Å². The molecule has 0 unspecified atom stereocenters. The fourth-order valence-electron chi connectivity index (χ4n) is 2.07. The van der Waals surface area contributed by atoms with Gasteiger partial charge in [-0.3, -0.25) is 20.4 Å². The summed E-state index contributed by atoms with van der Waals surface area (Å²) < 4.78 is 40.8. The van der Waals surface area contributed by atoms with Crippen molar-refractivity contribution in [3.8, 4) is 0 Å². The first-order chi connectivity index (χ1) is 12.7. The summed E-state index contributed by atoms with van der Waals surface area (Å²) in [4.78, 5) is 11.9. The van der Waals surface area contributed by atoms with Crippen molar-refractivity contribution in [3.63, 3.8) is 0 Å². The highest BCUT2D eigenvalue weighted by molar-refractivity contribution is 7.92. The van der Waals surface area contributed by atoms with Gasteiger partial charge in [0, 0.05) is 17.8 Å². The maximum atomic E-state index is 13.7. The number of hydrazine groups is 1. The molecule has 0 heterocycles. The predicted octanol–water partition coefficient (Wildman–Crippen LogP) is 2.06. The summed E-state index contributed by atoms with van der Waals surface area (Å²) in [5.74, 6) is -1.12. The van der Waals surface area contributed by atoms with Gasteiger partial charge in [-0.1, -0.05) is 12.1 Å². The van der Waals surface area contributed by atoms with Crippen molar-refractivity contribution in [1.82, 2.24) is 16.2 Å². The number of hydrogen-bond donors (Lipinski definition) is 4. The van der Waals surface area contributed by atoms with Gasteiger partial charge in [0.05, 0.1) is 4.90 Å². The molecule has 0 aliphatic heterocycles. The van der Waals surface area contributed by atoms with Crippen LogP contribution < -0.4 is 20.9 Å². The van der Waals surface area contributed by atoms with Crippen molar-refractivity contribution in [2.45, 2.75) is 18.7 Å². The molecule has 2 aromatic carbocycles. The number of sulfonamides is 1. The number of amides is 1. The van der Waals surface area contributed by atoms with E-state index in [1.807, 2.05) is 6.92 Å². The lowest BCUT2D eigenvalue weighted by Gasteiger charge is -2.12. The highest BCUT2D eigenvalue weighted by Gasteiger charge is 2.16. The number of thiocarbonyl (C=S) groups is 1. The molecule has 2 rings (SSSR count). The van der Waals surface area contributed by atoms with Crippen molar-refractivity contribution < 1.29 is 17.6 Å². The fraction of sp³-hybridized carbons (Fsp3) is 0.176. The largest absolute Gasteiger partial charge is 0.362 e. The molecule has 2 aromatic rings. The summed E-state index contributed by atoms with van der Waals surface area (Å²) in [6.45, 7) is 3.99. The minimum atomic E-state index is -4.00. The lowest BCUT2D eigenvalue weighted by Crippen LogP contribution is -2.46. The molecule has 144 valence electrons. The van der Waals surface area contributed by atoms with E-state index in [4.69, 9.17) is 12.2 Å². The molecule has 10 heteroatoms. The molecule has 4 N–H and O–H groups in total. The lowest BCUT2D eigenvalue weighted by molar-refractivity contribution is 0.0943. The monoisotopic (exact) mass is 410 g/mol. The van der Waals surface area contributed by atoms with Crippen molar-refractivity contribution in [2.75, 3.05) is 11.3 Å². The molecule has 0 radical (unpaired) electrons. The summed E-state index contributed by atoms with van der Waals surface area (Å²) in [6.07, 6.45) is 0. The number of carbonyl (C=O) groups excluding carboxylic acids is 1. The van der Waals surface area contributed by atoms with Crippen LogP contribution in [-0.4, -0.2) is 26.0 Å². The van der Waals surface area contributed by atoms with Crippen LogP contribution in [0.25, 0.3) is 0 Å². The van der Waals surface area contributed by atoms with Crippen LogP contribution in [0, 0.1) is 12.7 Å². The lowest BCUT2D eigenvalue weighted by atomic mass is 10.2. The van der Waals surface area contributed by atoms with Gasteiger partial charge in [0.15, 0.2) is 5.11 Å². The van der Waals surface area contributed by atoms with Crippen LogP contribution in [0.4, 0.5) is 10.1 Å². The van der Waals surface area contributed by atoms with Crippen LogP contribution in [0.1, 0.15) is 22.8 Å². The smallest absolute Gasteiger partial charge is 0.269 e. The first kappa shape index (κ1) is 20.6. The zero-order valence-corrected chi connectivity index (χ0v) is 16.3. The molecular formula is C17H19FN4O3S2. The number of halogens is 1. The molecular weight excluding hydrogens is 391 g/mol. The van der Waals surface area contributed by atoms with Gasteiger partial charge in [-0.2, -0.15) is 0 Å². The summed E-state index contributed by atoms with van der Waals surface area (Å²) in [6, 6.07) is 9.50. The third kappa shape index (κ3) is 5.63. The number of rotatable bonds is 5. The third-order valence-electron chi connectivity index (χ3n) is 3.46. The van der Waals surface area contributed by atoms with E-state index in [1.54, 1.807) is 0 Å². The summed E-state index contributed by atoms with van der Waals surface area (Å²) >= 11 is 4.93. The Labute approximate surface area is 162 Å². The molecule has 27 heavy (non-hydrogen) atoms. The number of anilines is 1. The molecule has 0 atom stereocenters. The molecule has 0 aliphatic rings. The van der Waals surface area contributed by atoms with Gasteiger partial charge >= 0.3 is 0 Å². The Hall–Kier alpha value is -2.72. The van der Waals surface area contributed by atoms with E-state index < -0.39 is 21.7 Å². The average molecular weight is 410 g/mol. The van der Waals surface area contributed by atoms with Crippen LogP contribution in [0.2, 0.25) is 0 Å². The summed E-state index contributed by atoms with van der Waals surface area (Å²) in [7, 11) is -4.00. The quantitative estimate of drug-likeness (QED) is 0.445. The second-order valence-corrected chi connectivity index (χ2v) is 7.63. The highest BCUT2D eigenvalue weighted by atomic mass is 32.2. The molecule has 7 nitrogen and oxygen atoms in total. The van der Waals surface area contributed by atoms with E-state index in [-0.39, 0.29) is 21.3 Å². The Morgan fingerprint density at radius 1 is 1.15 bits per heavy atom. The van der Waals surface area contributed by atoms with Gasteiger partial charge in [-0.25, -0.2) is 12.8 Å². The van der Waals surface area contributed by atoms with Gasteiger partial charge in [-0.15, -0.1) is 0 Å². The van der Waals surface area contributed by atoms with Crippen molar-refractivity contribution in [3.05, 3.63) is 59.4 Å². The molecule has 1 amide bonds. The van der Waals surface area contributed by atoms with Gasteiger partial charge in [-0.05, 0) is 62.0 Å². The van der Waals surface area contributed by atoms with E-state index in [2.05, 4.69) is 20.9 Å². The van der Waals surface area contributed by atoms with Crippen LogP contribution in [0.15, 0.2) is 47.4 Å². The maximum Gasteiger partial charge on any atom is 0.269 e. The summed E-state index contributed by atoms with van der Waals surface area (Å²) in [5.41, 5.74) is 5.64. The molecule has 0 saturated carbocycles. The SMILES string of the molecule is CCNC(=S)NNC(=O)c1cccc(NS(=O)(=O)c2ccc(C)c(F)c2)c1. The number of hydrogen-bond acceptors (Lipinski definition) is 4. The molecule has 0 aliphatic carbocycles. The number of benzene rings is 2. The molecule has 0 aromatic heterocycles.